The maximum absolute atomic E-state index is 10.2. The van der Waals surface area contributed by atoms with Gasteiger partial charge in [0.05, 0.1) is 0 Å². The van der Waals surface area contributed by atoms with Crippen molar-refractivity contribution in [2.24, 2.45) is 0 Å². The van der Waals surface area contributed by atoms with Gasteiger partial charge >= 0.3 is 0 Å². The van der Waals surface area contributed by atoms with E-state index in [1.54, 1.807) is 6.08 Å². The summed E-state index contributed by atoms with van der Waals surface area (Å²) < 4.78 is 0. The fourth-order valence-electron chi connectivity index (χ4n) is 2.51. The second kappa shape index (κ2) is 4.01. The van der Waals surface area contributed by atoms with E-state index in [0.29, 0.717) is 11.8 Å². The molecule has 0 aliphatic heterocycles. The summed E-state index contributed by atoms with van der Waals surface area (Å²) in [6, 6.07) is 6.50. The van der Waals surface area contributed by atoms with Crippen LogP contribution in [-0.2, 0) is 4.79 Å². The summed E-state index contributed by atoms with van der Waals surface area (Å²) in [5, 5.41) is 0. The van der Waals surface area contributed by atoms with Crippen LogP contribution in [0.25, 0.3) is 6.08 Å². The lowest BCUT2D eigenvalue weighted by atomic mass is 10.00. The van der Waals surface area contributed by atoms with Crippen molar-refractivity contribution >= 4 is 12.4 Å². The van der Waals surface area contributed by atoms with Gasteiger partial charge in [0.2, 0.25) is 0 Å². The summed E-state index contributed by atoms with van der Waals surface area (Å²) in [6.45, 7) is 4.55. The van der Waals surface area contributed by atoms with Crippen molar-refractivity contribution in [3.05, 3.63) is 41.0 Å². The van der Waals surface area contributed by atoms with Gasteiger partial charge in [-0.25, -0.2) is 0 Å². The summed E-state index contributed by atoms with van der Waals surface area (Å²) >= 11 is 0. The monoisotopic (exact) mass is 200 g/mol. The van der Waals surface area contributed by atoms with Crippen molar-refractivity contribution in [1.29, 1.82) is 0 Å². The molecular weight excluding hydrogens is 184 g/mol. The third kappa shape index (κ3) is 1.87. The second-order valence-electron chi connectivity index (χ2n) is 4.42. The zero-order chi connectivity index (χ0) is 10.8. The standard InChI is InChI=1S/C14H16O/c1-10-8-11(2)14-9-12(4-3-7-15)5-6-13(10)14/h3-7,9-11H,8H2,1-2H3. The van der Waals surface area contributed by atoms with Gasteiger partial charge < -0.3 is 0 Å². The van der Waals surface area contributed by atoms with E-state index in [-0.39, 0.29) is 0 Å². The molecule has 0 radical (unpaired) electrons. The Morgan fingerprint density at radius 2 is 1.93 bits per heavy atom. The van der Waals surface area contributed by atoms with E-state index in [1.165, 1.54) is 17.5 Å². The predicted molar refractivity (Wildman–Crippen MR) is 63.0 cm³/mol. The van der Waals surface area contributed by atoms with Crippen LogP contribution in [0.2, 0.25) is 0 Å². The van der Waals surface area contributed by atoms with Crippen molar-refractivity contribution in [3.63, 3.8) is 0 Å². The van der Waals surface area contributed by atoms with Gasteiger partial charge in [0, 0.05) is 0 Å². The van der Waals surface area contributed by atoms with E-state index in [9.17, 15) is 4.79 Å². The van der Waals surface area contributed by atoms with Crippen molar-refractivity contribution in [2.45, 2.75) is 32.1 Å². The average molecular weight is 200 g/mol. The lowest BCUT2D eigenvalue weighted by molar-refractivity contribution is -0.104. The molecule has 0 saturated carbocycles. The first-order valence-electron chi connectivity index (χ1n) is 5.48. The van der Waals surface area contributed by atoms with E-state index in [4.69, 9.17) is 0 Å². The smallest absolute Gasteiger partial charge is 0.142 e. The minimum atomic E-state index is 0.652. The molecule has 0 spiro atoms. The highest BCUT2D eigenvalue weighted by Crippen LogP contribution is 2.41. The number of hydrogen-bond donors (Lipinski definition) is 0. The average Bonchev–Trinajstić information content (AvgIpc) is 2.52. The lowest BCUT2D eigenvalue weighted by Crippen LogP contribution is -1.87. The molecule has 1 aliphatic rings. The van der Waals surface area contributed by atoms with E-state index in [0.717, 1.165) is 11.8 Å². The van der Waals surface area contributed by atoms with Crippen LogP contribution in [0.5, 0.6) is 0 Å². The molecule has 0 aromatic heterocycles. The highest BCUT2D eigenvalue weighted by Gasteiger charge is 2.24. The lowest BCUT2D eigenvalue weighted by Gasteiger charge is -2.05. The number of fused-ring (bicyclic) bond motifs is 1. The van der Waals surface area contributed by atoms with Gasteiger partial charge in [-0.3, -0.25) is 4.79 Å². The van der Waals surface area contributed by atoms with Crippen molar-refractivity contribution in [2.75, 3.05) is 0 Å². The second-order valence-corrected chi connectivity index (χ2v) is 4.42. The van der Waals surface area contributed by atoms with Gasteiger partial charge in [0.25, 0.3) is 0 Å². The Morgan fingerprint density at radius 1 is 1.20 bits per heavy atom. The zero-order valence-corrected chi connectivity index (χ0v) is 9.23. The molecule has 1 nitrogen and oxygen atoms in total. The molecular formula is C14H16O. The number of aldehydes is 1. The van der Waals surface area contributed by atoms with Crippen LogP contribution in [0, 0.1) is 0 Å². The van der Waals surface area contributed by atoms with E-state index < -0.39 is 0 Å². The minimum absolute atomic E-state index is 0.652. The number of rotatable bonds is 2. The minimum Gasteiger partial charge on any atom is -0.299 e. The SMILES string of the molecule is CC1CC(C)c2cc(C=CC=O)ccc21. The number of carbonyl (C=O) groups is 1. The zero-order valence-electron chi connectivity index (χ0n) is 9.23. The van der Waals surface area contributed by atoms with Crippen LogP contribution in [0.3, 0.4) is 0 Å². The normalized spacial score (nSPS) is 24.4. The topological polar surface area (TPSA) is 17.1 Å². The summed E-state index contributed by atoms with van der Waals surface area (Å²) in [4.78, 5) is 10.2. The fourth-order valence-corrected chi connectivity index (χ4v) is 2.51. The molecule has 1 aromatic rings. The molecule has 15 heavy (non-hydrogen) atoms. The van der Waals surface area contributed by atoms with Gasteiger partial charge in [-0.1, -0.05) is 38.1 Å². The maximum Gasteiger partial charge on any atom is 0.142 e. The Balaban J connectivity index is 2.38. The number of benzene rings is 1. The van der Waals surface area contributed by atoms with Gasteiger partial charge in [0.15, 0.2) is 0 Å². The molecule has 2 unspecified atom stereocenters. The summed E-state index contributed by atoms with van der Waals surface area (Å²) in [7, 11) is 0. The summed E-state index contributed by atoms with van der Waals surface area (Å²) in [5.74, 6) is 1.33. The molecule has 2 rings (SSSR count). The number of carbonyl (C=O) groups excluding carboxylic acids is 1. The molecule has 0 amide bonds. The molecule has 78 valence electrons. The van der Waals surface area contributed by atoms with Crippen LogP contribution in [0.15, 0.2) is 24.3 Å². The van der Waals surface area contributed by atoms with Crippen LogP contribution in [0.1, 0.15) is 48.8 Å². The van der Waals surface area contributed by atoms with Gasteiger partial charge in [-0.2, -0.15) is 0 Å². The first kappa shape index (κ1) is 10.2. The highest BCUT2D eigenvalue weighted by atomic mass is 16.1. The Morgan fingerprint density at radius 3 is 2.67 bits per heavy atom. The molecule has 1 aromatic carbocycles. The molecule has 0 fully saturated rings. The molecule has 0 bridgehead atoms. The fraction of sp³-hybridized carbons (Fsp3) is 0.357. The quantitative estimate of drug-likeness (QED) is 0.527. The number of hydrogen-bond acceptors (Lipinski definition) is 1. The maximum atomic E-state index is 10.2. The molecule has 2 atom stereocenters. The molecule has 0 heterocycles. The Kier molecular flexibility index (Phi) is 2.72. The summed E-state index contributed by atoms with van der Waals surface area (Å²) in [6.07, 6.45) is 5.48. The van der Waals surface area contributed by atoms with Crippen LogP contribution < -0.4 is 0 Å². The van der Waals surface area contributed by atoms with Crippen LogP contribution >= 0.6 is 0 Å². The Hall–Kier alpha value is -1.37. The van der Waals surface area contributed by atoms with Crippen molar-refractivity contribution in [1.82, 2.24) is 0 Å². The largest absolute Gasteiger partial charge is 0.299 e. The third-order valence-corrected chi connectivity index (χ3v) is 3.25. The van der Waals surface area contributed by atoms with E-state index >= 15 is 0 Å². The van der Waals surface area contributed by atoms with Gasteiger partial charge in [0.1, 0.15) is 6.29 Å². The highest BCUT2D eigenvalue weighted by molar-refractivity contribution is 5.74. The molecule has 1 heteroatoms. The van der Waals surface area contributed by atoms with Crippen molar-refractivity contribution < 1.29 is 4.79 Å². The molecule has 0 N–H and O–H groups in total. The first-order chi connectivity index (χ1) is 7.22. The van der Waals surface area contributed by atoms with Gasteiger partial charge in [-0.15, -0.1) is 0 Å². The first-order valence-corrected chi connectivity index (χ1v) is 5.48. The van der Waals surface area contributed by atoms with E-state index in [2.05, 4.69) is 32.0 Å². The van der Waals surface area contributed by atoms with Crippen molar-refractivity contribution in [3.8, 4) is 0 Å². The van der Waals surface area contributed by atoms with Crippen LogP contribution in [0.4, 0.5) is 0 Å². The predicted octanol–water partition coefficient (Wildman–Crippen LogP) is 3.51. The van der Waals surface area contributed by atoms with Gasteiger partial charge in [-0.05, 0) is 41.0 Å². The van der Waals surface area contributed by atoms with E-state index in [1.807, 2.05) is 6.08 Å². The van der Waals surface area contributed by atoms with Crippen LogP contribution in [-0.4, -0.2) is 6.29 Å². The number of allylic oxidation sites excluding steroid dienone is 1. The molecule has 0 saturated heterocycles. The Bertz CT molecular complexity index is 404. The Labute approximate surface area is 90.8 Å². The summed E-state index contributed by atoms with van der Waals surface area (Å²) in [5.41, 5.74) is 4.06. The third-order valence-electron chi connectivity index (χ3n) is 3.25. The molecule has 1 aliphatic carbocycles.